The third kappa shape index (κ3) is 4.19. The van der Waals surface area contributed by atoms with Crippen molar-refractivity contribution < 1.29 is 19.1 Å². The van der Waals surface area contributed by atoms with Crippen molar-refractivity contribution in [2.75, 3.05) is 22.9 Å². The molecule has 2 aliphatic rings. The highest BCUT2D eigenvalue weighted by Gasteiger charge is 2.33. The molecular weight excluding hydrogens is 544 g/mol. The van der Waals surface area contributed by atoms with Crippen LogP contribution in [0.3, 0.4) is 0 Å². The predicted molar refractivity (Wildman–Crippen MR) is 160 cm³/mol. The molecule has 2 aliphatic heterocycles. The van der Waals surface area contributed by atoms with Crippen LogP contribution in [0.4, 0.5) is 11.6 Å². The van der Waals surface area contributed by atoms with Crippen molar-refractivity contribution in [3.63, 3.8) is 0 Å². The third-order valence-electron chi connectivity index (χ3n) is 7.46. The fraction of sp³-hybridized carbons (Fsp3) is 0.0909. The van der Waals surface area contributed by atoms with Crippen LogP contribution in [-0.2, 0) is 0 Å². The summed E-state index contributed by atoms with van der Waals surface area (Å²) in [6.07, 6.45) is 0.393. The second-order valence-electron chi connectivity index (χ2n) is 10.1. The molecule has 0 aliphatic carbocycles. The van der Waals surface area contributed by atoms with Gasteiger partial charge in [-0.2, -0.15) is 0 Å². The van der Waals surface area contributed by atoms with E-state index >= 15 is 0 Å². The van der Waals surface area contributed by atoms with Gasteiger partial charge in [-0.3, -0.25) is 19.4 Å². The van der Waals surface area contributed by atoms with Gasteiger partial charge in [-0.25, -0.2) is 19.9 Å². The summed E-state index contributed by atoms with van der Waals surface area (Å²) in [5.41, 5.74) is 3.40. The Morgan fingerprint density at radius 1 is 0.488 bits per heavy atom. The van der Waals surface area contributed by atoms with Crippen LogP contribution >= 0.6 is 0 Å². The van der Waals surface area contributed by atoms with Crippen molar-refractivity contribution in [3.05, 3.63) is 108 Å². The van der Waals surface area contributed by atoms with Crippen molar-refractivity contribution >= 4 is 45.5 Å². The molecule has 4 aromatic carbocycles. The van der Waals surface area contributed by atoms with Crippen LogP contribution in [0.1, 0.15) is 27.1 Å². The van der Waals surface area contributed by atoms with Gasteiger partial charge in [-0.15, -0.1) is 0 Å². The van der Waals surface area contributed by atoms with Crippen LogP contribution in [0.25, 0.3) is 22.1 Å². The SMILES string of the molecule is O=C1c2ccccc2Oc2nc3ccccc3nc2N1CCCN1C(=O)c2ccccc2Oc2nc3ccccc3nc21. The van der Waals surface area contributed by atoms with E-state index in [0.717, 1.165) is 0 Å². The average Bonchev–Trinajstić information content (AvgIpc) is 3.22. The number of ether oxygens (including phenoxy) is 2. The first-order valence-corrected chi connectivity index (χ1v) is 13.8. The van der Waals surface area contributed by atoms with E-state index in [9.17, 15) is 9.59 Å². The molecule has 10 nitrogen and oxygen atoms in total. The van der Waals surface area contributed by atoms with Gasteiger partial charge < -0.3 is 9.47 Å². The third-order valence-corrected chi connectivity index (χ3v) is 7.46. The number of rotatable bonds is 4. The molecule has 0 unspecified atom stereocenters. The van der Waals surface area contributed by atoms with Gasteiger partial charge in [0.15, 0.2) is 11.6 Å². The standard InChI is InChI=1S/C33H22N6O4/c40-32-20-10-1-7-16-26(20)42-30-28(34-22-12-3-5-14-24(22)36-30)38(32)18-9-19-39-29-31(37-25-15-6-4-13-23(25)35-29)43-27-17-8-2-11-21(27)33(39)41/h1-8,10-17H,9,18-19H2. The minimum atomic E-state index is -0.263. The van der Waals surface area contributed by atoms with Gasteiger partial charge in [0.05, 0.1) is 33.2 Å². The Morgan fingerprint density at radius 2 is 0.860 bits per heavy atom. The van der Waals surface area contributed by atoms with Gasteiger partial charge in [0.2, 0.25) is 0 Å². The molecule has 0 saturated carbocycles. The fourth-order valence-corrected chi connectivity index (χ4v) is 5.40. The van der Waals surface area contributed by atoms with Gasteiger partial charge in [0.25, 0.3) is 23.6 Å². The topological polar surface area (TPSA) is 111 Å². The molecule has 0 spiro atoms. The molecule has 0 atom stereocenters. The molecule has 208 valence electrons. The number of fused-ring (bicyclic) bond motifs is 6. The summed E-state index contributed by atoms with van der Waals surface area (Å²) in [5, 5.41) is 0. The lowest BCUT2D eigenvalue weighted by Crippen LogP contribution is -2.37. The van der Waals surface area contributed by atoms with Crippen LogP contribution in [0.5, 0.6) is 23.3 Å². The number of amides is 2. The Balaban J connectivity index is 1.17. The quantitative estimate of drug-likeness (QED) is 0.249. The van der Waals surface area contributed by atoms with Gasteiger partial charge in [-0.05, 0) is 55.0 Å². The molecule has 0 saturated heterocycles. The lowest BCUT2D eigenvalue weighted by molar-refractivity contribution is 0.0984. The molecule has 0 bridgehead atoms. The largest absolute Gasteiger partial charge is 0.435 e. The average molecular weight is 567 g/mol. The first kappa shape index (κ1) is 24.9. The second-order valence-corrected chi connectivity index (χ2v) is 10.1. The summed E-state index contributed by atoms with van der Waals surface area (Å²) in [6.45, 7) is 0.471. The van der Waals surface area contributed by atoms with E-state index in [4.69, 9.17) is 19.4 Å². The Labute approximate surface area is 245 Å². The number of anilines is 2. The van der Waals surface area contributed by atoms with Crippen LogP contribution in [0.15, 0.2) is 97.1 Å². The summed E-state index contributed by atoms with van der Waals surface area (Å²) in [5.74, 6) is 1.42. The monoisotopic (exact) mass is 566 g/mol. The van der Waals surface area contributed by atoms with E-state index < -0.39 is 0 Å². The van der Waals surface area contributed by atoms with Gasteiger partial charge in [0.1, 0.15) is 11.5 Å². The van der Waals surface area contributed by atoms with E-state index in [2.05, 4.69) is 9.97 Å². The first-order valence-electron chi connectivity index (χ1n) is 13.8. The van der Waals surface area contributed by atoms with Crippen molar-refractivity contribution in [1.29, 1.82) is 0 Å². The lowest BCUT2D eigenvalue weighted by Gasteiger charge is -2.24. The normalized spacial score (nSPS) is 13.8. The second kappa shape index (κ2) is 9.88. The maximum Gasteiger partial charge on any atom is 0.264 e. The van der Waals surface area contributed by atoms with Crippen molar-refractivity contribution in [3.8, 4) is 23.3 Å². The maximum atomic E-state index is 13.9. The number of hydrogen-bond acceptors (Lipinski definition) is 8. The molecule has 10 heteroatoms. The molecule has 43 heavy (non-hydrogen) atoms. The van der Waals surface area contributed by atoms with E-state index in [1.165, 1.54) is 0 Å². The Kier molecular flexibility index (Phi) is 5.71. The molecule has 8 rings (SSSR count). The number of nitrogens with zero attached hydrogens (tertiary/aromatic N) is 6. The summed E-state index contributed by atoms with van der Waals surface area (Å²) < 4.78 is 12.3. The highest BCUT2D eigenvalue weighted by Crippen LogP contribution is 2.39. The van der Waals surface area contributed by atoms with Crippen LogP contribution in [-0.4, -0.2) is 44.8 Å². The summed E-state index contributed by atoms with van der Waals surface area (Å²) >= 11 is 0. The fourth-order valence-electron chi connectivity index (χ4n) is 5.40. The molecule has 4 heterocycles. The van der Waals surface area contributed by atoms with Crippen molar-refractivity contribution in [2.24, 2.45) is 0 Å². The number of para-hydroxylation sites is 6. The van der Waals surface area contributed by atoms with Crippen molar-refractivity contribution in [2.45, 2.75) is 6.42 Å². The van der Waals surface area contributed by atoms with Crippen LogP contribution in [0, 0.1) is 0 Å². The minimum Gasteiger partial charge on any atom is -0.435 e. The van der Waals surface area contributed by atoms with E-state index in [-0.39, 0.29) is 36.7 Å². The van der Waals surface area contributed by atoms with E-state index in [1.807, 2.05) is 60.7 Å². The lowest BCUT2D eigenvalue weighted by atomic mass is 10.1. The minimum absolute atomic E-state index is 0.235. The molecular formula is C33H22N6O4. The number of carbonyl (C=O) groups excluding carboxylic acids is 2. The zero-order chi connectivity index (χ0) is 28.9. The Bertz CT molecular complexity index is 1950. The highest BCUT2D eigenvalue weighted by molar-refractivity contribution is 6.10. The first-order chi connectivity index (χ1) is 21.1. The van der Waals surface area contributed by atoms with E-state index in [1.54, 1.807) is 46.2 Å². The Morgan fingerprint density at radius 3 is 1.30 bits per heavy atom. The van der Waals surface area contributed by atoms with Crippen LogP contribution in [0.2, 0.25) is 0 Å². The summed E-state index contributed by atoms with van der Waals surface area (Å²) in [6, 6.07) is 29.0. The highest BCUT2D eigenvalue weighted by atomic mass is 16.5. The molecule has 0 fully saturated rings. The predicted octanol–water partition coefficient (Wildman–Crippen LogP) is 6.17. The zero-order valence-corrected chi connectivity index (χ0v) is 22.7. The summed E-state index contributed by atoms with van der Waals surface area (Å²) in [4.78, 5) is 49.9. The Hall–Kier alpha value is -5.90. The maximum absolute atomic E-state index is 13.9. The molecule has 6 aromatic rings. The number of carbonyl (C=O) groups is 2. The smallest absolute Gasteiger partial charge is 0.264 e. The van der Waals surface area contributed by atoms with Crippen molar-refractivity contribution in [1.82, 2.24) is 19.9 Å². The molecule has 0 N–H and O–H groups in total. The number of benzene rings is 4. The number of hydrogen-bond donors (Lipinski definition) is 0. The number of aromatic nitrogens is 4. The van der Waals surface area contributed by atoms with Gasteiger partial charge >= 0.3 is 0 Å². The van der Waals surface area contributed by atoms with E-state index in [0.29, 0.717) is 62.7 Å². The van der Waals surface area contributed by atoms with Gasteiger partial charge in [-0.1, -0.05) is 48.5 Å². The zero-order valence-electron chi connectivity index (χ0n) is 22.7. The molecule has 0 radical (unpaired) electrons. The van der Waals surface area contributed by atoms with Crippen LogP contribution < -0.4 is 19.3 Å². The van der Waals surface area contributed by atoms with Gasteiger partial charge in [0, 0.05) is 13.1 Å². The molecule has 2 amide bonds. The summed E-state index contributed by atoms with van der Waals surface area (Å²) in [7, 11) is 0. The molecule has 2 aromatic heterocycles.